The normalized spacial score (nSPS) is 15.7. The van der Waals surface area contributed by atoms with E-state index in [1.807, 2.05) is 0 Å². The van der Waals surface area contributed by atoms with Crippen molar-refractivity contribution in [1.29, 1.82) is 0 Å². The second-order valence-corrected chi connectivity index (χ2v) is 3.35. The molecule has 1 aromatic heterocycles. The van der Waals surface area contributed by atoms with Gasteiger partial charge in [-0.3, -0.25) is 4.98 Å². The molecule has 1 nitrogen and oxygen atoms in total. The van der Waals surface area contributed by atoms with Crippen LogP contribution in [-0.4, -0.2) is 4.98 Å². The SMILES string of the molecule is CCC(C)(F)c1ccc(Cl)cn1. The van der Waals surface area contributed by atoms with Gasteiger partial charge in [-0.1, -0.05) is 18.5 Å². The third-order valence-electron chi connectivity index (χ3n) is 1.93. The van der Waals surface area contributed by atoms with Crippen LogP contribution in [0.3, 0.4) is 0 Å². The van der Waals surface area contributed by atoms with Gasteiger partial charge in [-0.05, 0) is 25.5 Å². The lowest BCUT2D eigenvalue weighted by molar-refractivity contribution is 0.179. The van der Waals surface area contributed by atoms with Crippen molar-refractivity contribution < 1.29 is 4.39 Å². The van der Waals surface area contributed by atoms with Crippen LogP contribution in [0.2, 0.25) is 5.02 Å². The lowest BCUT2D eigenvalue weighted by Gasteiger charge is -2.16. The molecule has 0 fully saturated rings. The summed E-state index contributed by atoms with van der Waals surface area (Å²) >= 11 is 5.62. The van der Waals surface area contributed by atoms with Crippen LogP contribution in [0.25, 0.3) is 0 Å². The number of pyridine rings is 1. The summed E-state index contributed by atoms with van der Waals surface area (Å²) < 4.78 is 13.6. The number of alkyl halides is 1. The first-order chi connectivity index (χ1) is 5.56. The molecule has 1 atom stereocenters. The van der Waals surface area contributed by atoms with E-state index >= 15 is 0 Å². The molecule has 3 heteroatoms. The minimum Gasteiger partial charge on any atom is -0.256 e. The molecule has 0 amide bonds. The molecular weight excluding hydrogens is 177 g/mol. The molecule has 0 spiro atoms. The van der Waals surface area contributed by atoms with Crippen molar-refractivity contribution in [2.45, 2.75) is 25.9 Å². The van der Waals surface area contributed by atoms with Gasteiger partial charge in [-0.15, -0.1) is 0 Å². The van der Waals surface area contributed by atoms with Crippen LogP contribution in [0, 0.1) is 0 Å². The summed E-state index contributed by atoms with van der Waals surface area (Å²) in [6, 6.07) is 3.27. The van der Waals surface area contributed by atoms with E-state index in [0.717, 1.165) is 0 Å². The lowest BCUT2D eigenvalue weighted by atomic mass is 10.0. The Morgan fingerprint density at radius 3 is 2.67 bits per heavy atom. The molecule has 1 heterocycles. The molecule has 0 aliphatic carbocycles. The third kappa shape index (κ3) is 1.95. The monoisotopic (exact) mass is 187 g/mol. The maximum atomic E-state index is 13.6. The Labute approximate surface area is 76.6 Å². The number of hydrogen-bond donors (Lipinski definition) is 0. The summed E-state index contributed by atoms with van der Waals surface area (Å²) in [6.07, 6.45) is 1.88. The van der Waals surface area contributed by atoms with Gasteiger partial charge >= 0.3 is 0 Å². The molecule has 12 heavy (non-hydrogen) atoms. The first-order valence-electron chi connectivity index (χ1n) is 3.87. The quantitative estimate of drug-likeness (QED) is 0.692. The van der Waals surface area contributed by atoms with E-state index in [2.05, 4.69) is 4.98 Å². The topological polar surface area (TPSA) is 12.9 Å². The van der Waals surface area contributed by atoms with E-state index in [9.17, 15) is 4.39 Å². The van der Waals surface area contributed by atoms with Gasteiger partial charge in [0.2, 0.25) is 0 Å². The summed E-state index contributed by atoms with van der Waals surface area (Å²) in [7, 11) is 0. The number of rotatable bonds is 2. The Kier molecular flexibility index (Phi) is 2.68. The smallest absolute Gasteiger partial charge is 0.149 e. The number of aromatic nitrogens is 1. The average molecular weight is 188 g/mol. The summed E-state index contributed by atoms with van der Waals surface area (Å²) in [5.74, 6) is 0. The zero-order valence-electron chi connectivity index (χ0n) is 7.14. The van der Waals surface area contributed by atoms with Gasteiger partial charge < -0.3 is 0 Å². The Balaban J connectivity index is 2.96. The van der Waals surface area contributed by atoms with Crippen molar-refractivity contribution >= 4 is 11.6 Å². The molecule has 0 aliphatic rings. The van der Waals surface area contributed by atoms with E-state index < -0.39 is 5.67 Å². The minimum atomic E-state index is -1.34. The highest BCUT2D eigenvalue weighted by atomic mass is 35.5. The highest BCUT2D eigenvalue weighted by molar-refractivity contribution is 6.30. The molecule has 0 aliphatic heterocycles. The first-order valence-corrected chi connectivity index (χ1v) is 4.25. The maximum absolute atomic E-state index is 13.6. The van der Waals surface area contributed by atoms with Crippen molar-refractivity contribution in [3.05, 3.63) is 29.0 Å². The fraction of sp³-hybridized carbons (Fsp3) is 0.444. The molecule has 0 bridgehead atoms. The Morgan fingerprint density at radius 1 is 1.58 bits per heavy atom. The second-order valence-electron chi connectivity index (χ2n) is 2.91. The maximum Gasteiger partial charge on any atom is 0.149 e. The molecule has 0 aromatic carbocycles. The molecule has 1 unspecified atom stereocenters. The van der Waals surface area contributed by atoms with Crippen LogP contribution >= 0.6 is 11.6 Å². The van der Waals surface area contributed by atoms with E-state index in [-0.39, 0.29) is 0 Å². The van der Waals surface area contributed by atoms with Crippen molar-refractivity contribution in [2.75, 3.05) is 0 Å². The van der Waals surface area contributed by atoms with E-state index in [1.165, 1.54) is 13.1 Å². The largest absolute Gasteiger partial charge is 0.256 e. The Bertz CT molecular complexity index is 256. The van der Waals surface area contributed by atoms with Crippen LogP contribution in [0.4, 0.5) is 4.39 Å². The van der Waals surface area contributed by atoms with Gasteiger partial charge in [0.1, 0.15) is 5.67 Å². The highest BCUT2D eigenvalue weighted by Crippen LogP contribution is 2.27. The van der Waals surface area contributed by atoms with Gasteiger partial charge in [0.15, 0.2) is 0 Å². The molecule has 0 saturated carbocycles. The Hall–Kier alpha value is -0.630. The number of nitrogens with zero attached hydrogens (tertiary/aromatic N) is 1. The van der Waals surface area contributed by atoms with Crippen LogP contribution in [0.15, 0.2) is 18.3 Å². The van der Waals surface area contributed by atoms with Gasteiger partial charge in [-0.2, -0.15) is 0 Å². The van der Waals surface area contributed by atoms with Gasteiger partial charge in [-0.25, -0.2) is 4.39 Å². The van der Waals surface area contributed by atoms with Crippen molar-refractivity contribution in [3.63, 3.8) is 0 Å². The van der Waals surface area contributed by atoms with Gasteiger partial charge in [0.25, 0.3) is 0 Å². The minimum absolute atomic E-state index is 0.418. The van der Waals surface area contributed by atoms with Gasteiger partial charge in [0.05, 0.1) is 10.7 Å². The van der Waals surface area contributed by atoms with Crippen LogP contribution < -0.4 is 0 Å². The van der Waals surface area contributed by atoms with Crippen LogP contribution in [-0.2, 0) is 5.67 Å². The Morgan fingerprint density at radius 2 is 2.25 bits per heavy atom. The summed E-state index contributed by atoms with van der Waals surface area (Å²) in [6.45, 7) is 3.31. The summed E-state index contributed by atoms with van der Waals surface area (Å²) in [5.41, 5.74) is -0.903. The van der Waals surface area contributed by atoms with E-state index in [1.54, 1.807) is 19.1 Å². The zero-order valence-corrected chi connectivity index (χ0v) is 7.90. The molecule has 1 rings (SSSR count). The number of halogens is 2. The predicted molar refractivity (Wildman–Crippen MR) is 48.0 cm³/mol. The number of hydrogen-bond acceptors (Lipinski definition) is 1. The van der Waals surface area contributed by atoms with E-state index in [0.29, 0.717) is 17.1 Å². The molecule has 0 radical (unpaired) electrons. The molecule has 66 valence electrons. The molecule has 0 saturated heterocycles. The molecular formula is C9H11ClFN. The summed E-state index contributed by atoms with van der Waals surface area (Å²) in [5, 5.41) is 0.533. The van der Waals surface area contributed by atoms with E-state index in [4.69, 9.17) is 11.6 Å². The first kappa shape index (κ1) is 9.46. The van der Waals surface area contributed by atoms with Crippen molar-refractivity contribution in [2.24, 2.45) is 0 Å². The summed E-state index contributed by atoms with van der Waals surface area (Å²) in [4.78, 5) is 3.91. The zero-order chi connectivity index (χ0) is 9.19. The van der Waals surface area contributed by atoms with Crippen LogP contribution in [0.5, 0.6) is 0 Å². The predicted octanol–water partition coefficient (Wildman–Crippen LogP) is 3.33. The fourth-order valence-electron chi connectivity index (χ4n) is 0.865. The van der Waals surface area contributed by atoms with Crippen molar-refractivity contribution in [1.82, 2.24) is 4.98 Å². The second kappa shape index (κ2) is 3.40. The average Bonchev–Trinajstić information content (AvgIpc) is 2.05. The lowest BCUT2D eigenvalue weighted by Crippen LogP contribution is -2.14. The molecule has 0 N–H and O–H groups in total. The van der Waals surface area contributed by atoms with Crippen molar-refractivity contribution in [3.8, 4) is 0 Å². The van der Waals surface area contributed by atoms with Crippen LogP contribution in [0.1, 0.15) is 26.0 Å². The third-order valence-corrected chi connectivity index (χ3v) is 2.15. The van der Waals surface area contributed by atoms with Gasteiger partial charge in [0, 0.05) is 6.20 Å². The molecule has 1 aromatic rings. The standard InChI is InChI=1S/C9H11ClFN/c1-3-9(2,11)8-5-4-7(10)6-12-8/h4-6H,3H2,1-2H3. The fourth-order valence-corrected chi connectivity index (χ4v) is 0.977. The highest BCUT2D eigenvalue weighted by Gasteiger charge is 2.24.